The van der Waals surface area contributed by atoms with Crippen molar-refractivity contribution in [3.63, 3.8) is 0 Å². The molecule has 5 nitrogen and oxygen atoms in total. The minimum atomic E-state index is -4.76. The van der Waals surface area contributed by atoms with Gasteiger partial charge in [0.15, 0.2) is 0 Å². The lowest BCUT2D eigenvalue weighted by Crippen LogP contribution is -2.39. The molecule has 0 saturated carbocycles. The number of rotatable bonds is 4. The van der Waals surface area contributed by atoms with Gasteiger partial charge in [-0.1, -0.05) is 12.1 Å². The summed E-state index contributed by atoms with van der Waals surface area (Å²) in [7, 11) is 0. The molecular formula is C16H16BrClF3N3O2. The highest BCUT2D eigenvalue weighted by Crippen LogP contribution is 2.37. The zero-order chi connectivity index (χ0) is 18.2. The molecule has 2 heterocycles. The molecule has 0 spiro atoms. The fourth-order valence-corrected chi connectivity index (χ4v) is 3.74. The molecule has 1 aliphatic rings. The minimum absolute atomic E-state index is 0. The van der Waals surface area contributed by atoms with E-state index in [-0.39, 0.29) is 30.1 Å². The monoisotopic (exact) mass is 453 g/mol. The van der Waals surface area contributed by atoms with Crippen LogP contribution in [-0.4, -0.2) is 29.9 Å². The van der Waals surface area contributed by atoms with Crippen LogP contribution in [0.5, 0.6) is 5.75 Å². The van der Waals surface area contributed by atoms with Crippen molar-refractivity contribution >= 4 is 34.2 Å². The van der Waals surface area contributed by atoms with E-state index in [0.29, 0.717) is 40.9 Å². The lowest BCUT2D eigenvalue weighted by molar-refractivity contribution is -0.274. The first-order chi connectivity index (χ1) is 11.8. The van der Waals surface area contributed by atoms with Gasteiger partial charge < -0.3 is 20.4 Å². The highest BCUT2D eigenvalue weighted by Gasteiger charge is 2.32. The number of hydrogen-bond acceptors (Lipinski definition) is 3. The van der Waals surface area contributed by atoms with E-state index in [1.165, 1.54) is 18.2 Å². The van der Waals surface area contributed by atoms with Crippen molar-refractivity contribution in [2.75, 3.05) is 13.1 Å². The second kappa shape index (κ2) is 7.89. The van der Waals surface area contributed by atoms with Gasteiger partial charge in [0.1, 0.15) is 11.4 Å². The number of ether oxygens (including phenoxy) is 1. The molecule has 142 valence electrons. The predicted octanol–water partition coefficient (Wildman–Crippen LogP) is 3.87. The highest BCUT2D eigenvalue weighted by molar-refractivity contribution is 9.10. The zero-order valence-electron chi connectivity index (χ0n) is 13.3. The molecule has 0 fully saturated rings. The Hall–Kier alpha value is -1.71. The van der Waals surface area contributed by atoms with Gasteiger partial charge in [0.25, 0.3) is 5.91 Å². The lowest BCUT2D eigenvalue weighted by atomic mass is 10.1. The van der Waals surface area contributed by atoms with Crippen molar-refractivity contribution in [3.8, 4) is 16.9 Å². The van der Waals surface area contributed by atoms with Crippen LogP contribution in [0.15, 0.2) is 34.9 Å². The van der Waals surface area contributed by atoms with Crippen LogP contribution in [0.25, 0.3) is 11.1 Å². The Kier molecular flexibility index (Phi) is 6.25. The molecule has 3 rings (SSSR count). The van der Waals surface area contributed by atoms with E-state index >= 15 is 0 Å². The third-order valence-corrected chi connectivity index (χ3v) is 4.76. The molecule has 0 bridgehead atoms. The Morgan fingerprint density at radius 2 is 2.08 bits per heavy atom. The van der Waals surface area contributed by atoms with Crippen LogP contribution in [-0.2, 0) is 0 Å². The first-order valence-electron chi connectivity index (χ1n) is 7.55. The molecule has 1 amide bonds. The Morgan fingerprint density at radius 3 is 2.73 bits per heavy atom. The van der Waals surface area contributed by atoms with Gasteiger partial charge in [0.05, 0.1) is 10.6 Å². The fraction of sp³-hybridized carbons (Fsp3) is 0.312. The third-order valence-electron chi connectivity index (χ3n) is 3.95. The minimum Gasteiger partial charge on any atom is -0.406 e. The number of nitrogens with one attached hydrogen (secondary N) is 1. The third kappa shape index (κ3) is 4.16. The standard InChI is InChI=1S/C16H15BrF3N3O2.ClH/c17-14-12(9-2-1-3-11(6-9)25-16(18,19)20)7-13-15(24)22-8-10(4-5-21)23(13)14;/h1-3,6-7,10H,4-5,8,21H2,(H,22,24);1H. The van der Waals surface area contributed by atoms with Gasteiger partial charge in [-0.3, -0.25) is 4.79 Å². The first-order valence-corrected chi connectivity index (χ1v) is 8.34. The summed E-state index contributed by atoms with van der Waals surface area (Å²) >= 11 is 3.48. The molecule has 10 heteroatoms. The number of fused-ring (bicyclic) bond motifs is 1. The number of hydrogen-bond donors (Lipinski definition) is 2. The van der Waals surface area contributed by atoms with Crippen LogP contribution in [0, 0.1) is 0 Å². The van der Waals surface area contributed by atoms with Crippen molar-refractivity contribution in [3.05, 3.63) is 40.6 Å². The normalized spacial score (nSPS) is 16.5. The van der Waals surface area contributed by atoms with Crippen molar-refractivity contribution in [2.24, 2.45) is 5.73 Å². The van der Waals surface area contributed by atoms with Crippen LogP contribution < -0.4 is 15.8 Å². The molecule has 1 aliphatic heterocycles. The summed E-state index contributed by atoms with van der Waals surface area (Å²) < 4.78 is 43.7. The van der Waals surface area contributed by atoms with E-state index in [1.807, 2.05) is 4.57 Å². The number of benzene rings is 1. The van der Waals surface area contributed by atoms with Gasteiger partial charge >= 0.3 is 6.36 Å². The summed E-state index contributed by atoms with van der Waals surface area (Å²) in [4.78, 5) is 12.1. The number of aromatic nitrogens is 1. The Balaban J connectivity index is 0.00000243. The summed E-state index contributed by atoms with van der Waals surface area (Å²) in [5, 5.41) is 2.80. The quantitative estimate of drug-likeness (QED) is 0.737. The van der Waals surface area contributed by atoms with Crippen molar-refractivity contribution in [1.29, 1.82) is 0 Å². The summed E-state index contributed by atoms with van der Waals surface area (Å²) in [5.41, 5.74) is 7.19. The molecule has 2 aromatic rings. The second-order valence-corrected chi connectivity index (χ2v) is 6.37. The summed E-state index contributed by atoms with van der Waals surface area (Å²) in [5.74, 6) is -0.549. The summed E-state index contributed by atoms with van der Waals surface area (Å²) in [6.45, 7) is 0.905. The van der Waals surface area contributed by atoms with E-state index in [0.717, 1.165) is 0 Å². The van der Waals surface area contributed by atoms with Gasteiger partial charge in [0, 0.05) is 12.1 Å². The number of halogens is 5. The predicted molar refractivity (Wildman–Crippen MR) is 96.5 cm³/mol. The maximum Gasteiger partial charge on any atom is 0.573 e. The topological polar surface area (TPSA) is 69.3 Å². The van der Waals surface area contributed by atoms with Crippen molar-refractivity contribution in [1.82, 2.24) is 9.88 Å². The smallest absolute Gasteiger partial charge is 0.406 e. The number of carbonyl (C=O) groups excluding carboxylic acids is 1. The van der Waals surface area contributed by atoms with E-state index < -0.39 is 6.36 Å². The number of amides is 1. The highest BCUT2D eigenvalue weighted by atomic mass is 79.9. The largest absolute Gasteiger partial charge is 0.573 e. The number of nitrogens with zero attached hydrogens (tertiary/aromatic N) is 1. The molecule has 1 unspecified atom stereocenters. The summed E-state index contributed by atoms with van der Waals surface area (Å²) in [6.07, 6.45) is -4.10. The molecule has 0 saturated heterocycles. The second-order valence-electron chi connectivity index (χ2n) is 5.62. The van der Waals surface area contributed by atoms with Gasteiger partial charge in [-0.25, -0.2) is 0 Å². The molecule has 1 atom stereocenters. The fourth-order valence-electron chi connectivity index (χ4n) is 2.91. The Bertz CT molecular complexity index is 811. The number of carbonyl (C=O) groups is 1. The van der Waals surface area contributed by atoms with Gasteiger partial charge in [-0.05, 0) is 52.7 Å². The summed E-state index contributed by atoms with van der Waals surface area (Å²) in [6, 6.07) is 7.27. The van der Waals surface area contributed by atoms with Crippen molar-refractivity contribution < 1.29 is 22.7 Å². The van der Waals surface area contributed by atoms with Crippen LogP contribution in [0.3, 0.4) is 0 Å². The molecule has 1 aromatic carbocycles. The van der Waals surface area contributed by atoms with Crippen LogP contribution in [0.4, 0.5) is 13.2 Å². The average Bonchev–Trinajstić information content (AvgIpc) is 2.88. The molecular weight excluding hydrogens is 439 g/mol. The van der Waals surface area contributed by atoms with E-state index in [2.05, 4.69) is 26.0 Å². The Labute approximate surface area is 162 Å². The van der Waals surface area contributed by atoms with Crippen LogP contribution in [0.2, 0.25) is 0 Å². The van der Waals surface area contributed by atoms with E-state index in [4.69, 9.17) is 5.73 Å². The number of alkyl halides is 3. The van der Waals surface area contributed by atoms with Crippen molar-refractivity contribution in [2.45, 2.75) is 18.8 Å². The molecule has 1 aromatic heterocycles. The van der Waals surface area contributed by atoms with Crippen LogP contribution >= 0.6 is 28.3 Å². The molecule has 0 aliphatic carbocycles. The molecule has 3 N–H and O–H groups in total. The van der Waals surface area contributed by atoms with Gasteiger partial charge in [-0.15, -0.1) is 25.6 Å². The van der Waals surface area contributed by atoms with E-state index in [9.17, 15) is 18.0 Å². The zero-order valence-corrected chi connectivity index (χ0v) is 15.7. The average molecular weight is 455 g/mol. The Morgan fingerprint density at radius 1 is 1.35 bits per heavy atom. The van der Waals surface area contributed by atoms with Gasteiger partial charge in [-0.2, -0.15) is 0 Å². The molecule has 0 radical (unpaired) electrons. The maximum absolute atomic E-state index is 12.4. The first kappa shape index (κ1) is 20.6. The number of nitrogens with two attached hydrogens (primary N) is 1. The maximum atomic E-state index is 12.4. The van der Waals surface area contributed by atoms with E-state index in [1.54, 1.807) is 12.1 Å². The van der Waals surface area contributed by atoms with Gasteiger partial charge in [0.2, 0.25) is 0 Å². The lowest BCUT2D eigenvalue weighted by Gasteiger charge is -2.27. The molecule has 26 heavy (non-hydrogen) atoms. The van der Waals surface area contributed by atoms with Crippen LogP contribution in [0.1, 0.15) is 23.0 Å². The SMILES string of the molecule is Cl.NCCC1CNC(=O)c2cc(-c3cccc(OC(F)(F)F)c3)c(Br)n21.